The van der Waals surface area contributed by atoms with E-state index in [-0.39, 0.29) is 6.42 Å². The summed E-state index contributed by atoms with van der Waals surface area (Å²) in [5.41, 5.74) is 2.63. The molecule has 19 heavy (non-hydrogen) atoms. The number of nitrogens with one attached hydrogen (secondary N) is 1. The summed E-state index contributed by atoms with van der Waals surface area (Å²) in [4.78, 5) is 10.6. The van der Waals surface area contributed by atoms with Gasteiger partial charge in [0.25, 0.3) is 0 Å². The summed E-state index contributed by atoms with van der Waals surface area (Å²) in [6, 6.07) is 7.85. The number of carboxylic acids is 1. The van der Waals surface area contributed by atoms with Gasteiger partial charge in [-0.15, -0.1) is 0 Å². The Kier molecular flexibility index (Phi) is 4.59. The third kappa shape index (κ3) is 3.80. The zero-order chi connectivity index (χ0) is 13.7. The monoisotopic (exact) mass is 261 g/mol. The van der Waals surface area contributed by atoms with E-state index >= 15 is 0 Å². The molecule has 0 aromatic heterocycles. The third-order valence-electron chi connectivity index (χ3n) is 4.37. The summed E-state index contributed by atoms with van der Waals surface area (Å²) < 4.78 is 0. The largest absolute Gasteiger partial charge is 0.481 e. The van der Waals surface area contributed by atoms with E-state index in [4.69, 9.17) is 5.11 Å². The standard InChI is InChI=1S/C16H23NO2/c1-2-16(8-3-9-16)12-17-11-14-6-4-13(5-7-14)10-15(18)19/h4-7,17H,2-3,8-12H2,1H3,(H,18,19). The van der Waals surface area contributed by atoms with Gasteiger partial charge in [0, 0.05) is 13.1 Å². The number of carbonyl (C=O) groups is 1. The van der Waals surface area contributed by atoms with E-state index in [1.165, 1.54) is 31.2 Å². The molecule has 0 aliphatic heterocycles. The van der Waals surface area contributed by atoms with Crippen LogP contribution in [0.25, 0.3) is 0 Å². The van der Waals surface area contributed by atoms with E-state index in [0.717, 1.165) is 18.7 Å². The van der Waals surface area contributed by atoms with Crippen molar-refractivity contribution in [2.45, 2.75) is 45.6 Å². The highest BCUT2D eigenvalue weighted by Gasteiger charge is 2.34. The minimum Gasteiger partial charge on any atom is -0.481 e. The van der Waals surface area contributed by atoms with Gasteiger partial charge in [0.1, 0.15) is 0 Å². The fourth-order valence-corrected chi connectivity index (χ4v) is 2.75. The lowest BCUT2D eigenvalue weighted by atomic mass is 9.67. The predicted molar refractivity (Wildman–Crippen MR) is 76.1 cm³/mol. The second kappa shape index (κ2) is 6.20. The Morgan fingerprint density at radius 2 is 1.89 bits per heavy atom. The first kappa shape index (κ1) is 14.1. The van der Waals surface area contributed by atoms with Crippen LogP contribution in [-0.4, -0.2) is 17.6 Å². The van der Waals surface area contributed by atoms with Crippen molar-refractivity contribution in [3.63, 3.8) is 0 Å². The maximum absolute atomic E-state index is 10.6. The predicted octanol–water partition coefficient (Wildman–Crippen LogP) is 2.98. The van der Waals surface area contributed by atoms with Crippen LogP contribution >= 0.6 is 0 Å². The van der Waals surface area contributed by atoms with Gasteiger partial charge in [-0.1, -0.05) is 37.6 Å². The van der Waals surface area contributed by atoms with Crippen molar-refractivity contribution in [2.24, 2.45) is 5.41 Å². The molecule has 1 fully saturated rings. The van der Waals surface area contributed by atoms with Gasteiger partial charge in [-0.05, 0) is 35.8 Å². The molecule has 1 aromatic carbocycles. The van der Waals surface area contributed by atoms with Gasteiger partial charge in [0.2, 0.25) is 0 Å². The Balaban J connectivity index is 1.78. The molecular formula is C16H23NO2. The van der Waals surface area contributed by atoms with Gasteiger partial charge < -0.3 is 10.4 Å². The van der Waals surface area contributed by atoms with Crippen LogP contribution in [-0.2, 0) is 17.8 Å². The van der Waals surface area contributed by atoms with Gasteiger partial charge >= 0.3 is 5.97 Å². The van der Waals surface area contributed by atoms with Gasteiger partial charge in [-0.2, -0.15) is 0 Å². The Morgan fingerprint density at radius 1 is 1.26 bits per heavy atom. The first-order valence-corrected chi connectivity index (χ1v) is 7.14. The summed E-state index contributed by atoms with van der Waals surface area (Å²) in [5.74, 6) is -0.777. The highest BCUT2D eigenvalue weighted by atomic mass is 16.4. The topological polar surface area (TPSA) is 49.3 Å². The number of hydrogen-bond donors (Lipinski definition) is 2. The first-order chi connectivity index (χ1) is 9.13. The second-order valence-corrected chi connectivity index (χ2v) is 5.70. The molecule has 1 aromatic rings. The Bertz CT molecular complexity index is 415. The van der Waals surface area contributed by atoms with Crippen LogP contribution in [0.5, 0.6) is 0 Å². The molecule has 0 amide bonds. The molecule has 0 radical (unpaired) electrons. The maximum atomic E-state index is 10.6. The molecule has 1 aliphatic rings. The minimum absolute atomic E-state index is 0.104. The summed E-state index contributed by atoms with van der Waals surface area (Å²) in [7, 11) is 0. The van der Waals surface area contributed by atoms with Crippen LogP contribution in [0.2, 0.25) is 0 Å². The summed E-state index contributed by atoms with van der Waals surface area (Å²) in [5, 5.41) is 12.3. The van der Waals surface area contributed by atoms with E-state index < -0.39 is 5.97 Å². The molecule has 1 saturated carbocycles. The van der Waals surface area contributed by atoms with Crippen LogP contribution < -0.4 is 5.32 Å². The molecular weight excluding hydrogens is 238 g/mol. The van der Waals surface area contributed by atoms with E-state index in [1.807, 2.05) is 24.3 Å². The Morgan fingerprint density at radius 3 is 2.37 bits per heavy atom. The quantitative estimate of drug-likeness (QED) is 0.793. The normalized spacial score (nSPS) is 16.9. The average molecular weight is 261 g/mol. The number of benzene rings is 1. The summed E-state index contributed by atoms with van der Waals surface area (Å²) in [6.45, 7) is 4.25. The van der Waals surface area contributed by atoms with E-state index in [2.05, 4.69) is 12.2 Å². The lowest BCUT2D eigenvalue weighted by Gasteiger charge is -2.41. The summed E-state index contributed by atoms with van der Waals surface area (Å²) in [6.07, 6.45) is 5.45. The SMILES string of the molecule is CCC1(CNCc2ccc(CC(=O)O)cc2)CCC1. The highest BCUT2D eigenvalue weighted by molar-refractivity contribution is 5.70. The lowest BCUT2D eigenvalue weighted by molar-refractivity contribution is -0.136. The highest BCUT2D eigenvalue weighted by Crippen LogP contribution is 2.43. The maximum Gasteiger partial charge on any atom is 0.307 e. The average Bonchev–Trinajstić information content (AvgIpc) is 2.34. The van der Waals surface area contributed by atoms with Crippen molar-refractivity contribution in [1.29, 1.82) is 0 Å². The van der Waals surface area contributed by atoms with Crippen LogP contribution in [0, 0.1) is 5.41 Å². The Labute approximate surface area is 115 Å². The molecule has 0 spiro atoms. The van der Waals surface area contributed by atoms with E-state index in [0.29, 0.717) is 5.41 Å². The zero-order valence-corrected chi connectivity index (χ0v) is 11.6. The fraction of sp³-hybridized carbons (Fsp3) is 0.562. The molecule has 1 aliphatic carbocycles. The first-order valence-electron chi connectivity index (χ1n) is 7.14. The molecule has 0 heterocycles. The molecule has 0 atom stereocenters. The Hall–Kier alpha value is -1.35. The molecule has 0 saturated heterocycles. The molecule has 2 rings (SSSR count). The van der Waals surface area contributed by atoms with Gasteiger partial charge in [-0.25, -0.2) is 0 Å². The van der Waals surface area contributed by atoms with Crippen LogP contribution in [0.15, 0.2) is 24.3 Å². The zero-order valence-electron chi connectivity index (χ0n) is 11.6. The smallest absolute Gasteiger partial charge is 0.307 e. The molecule has 3 heteroatoms. The molecule has 2 N–H and O–H groups in total. The lowest BCUT2D eigenvalue weighted by Crippen LogP contribution is -2.39. The van der Waals surface area contributed by atoms with Crippen LogP contribution in [0.4, 0.5) is 0 Å². The van der Waals surface area contributed by atoms with Gasteiger partial charge in [-0.3, -0.25) is 4.79 Å². The van der Waals surface area contributed by atoms with Crippen molar-refractivity contribution < 1.29 is 9.90 Å². The van der Waals surface area contributed by atoms with E-state index in [1.54, 1.807) is 0 Å². The molecule has 3 nitrogen and oxygen atoms in total. The number of carboxylic acid groups (broad SMARTS) is 1. The van der Waals surface area contributed by atoms with Crippen molar-refractivity contribution in [3.05, 3.63) is 35.4 Å². The molecule has 104 valence electrons. The molecule has 0 unspecified atom stereocenters. The number of hydrogen-bond acceptors (Lipinski definition) is 2. The summed E-state index contributed by atoms with van der Waals surface area (Å²) >= 11 is 0. The van der Waals surface area contributed by atoms with Gasteiger partial charge in [0.05, 0.1) is 6.42 Å². The van der Waals surface area contributed by atoms with Gasteiger partial charge in [0.15, 0.2) is 0 Å². The van der Waals surface area contributed by atoms with Crippen molar-refractivity contribution in [1.82, 2.24) is 5.32 Å². The van der Waals surface area contributed by atoms with E-state index in [9.17, 15) is 4.79 Å². The van der Waals surface area contributed by atoms with Crippen molar-refractivity contribution >= 4 is 5.97 Å². The number of aliphatic carboxylic acids is 1. The van der Waals surface area contributed by atoms with Crippen molar-refractivity contribution in [2.75, 3.05) is 6.54 Å². The fourth-order valence-electron chi connectivity index (χ4n) is 2.75. The minimum atomic E-state index is -0.777. The molecule has 0 bridgehead atoms. The van der Waals surface area contributed by atoms with Crippen molar-refractivity contribution in [3.8, 4) is 0 Å². The van der Waals surface area contributed by atoms with Crippen LogP contribution in [0.1, 0.15) is 43.7 Å². The second-order valence-electron chi connectivity index (χ2n) is 5.70. The van der Waals surface area contributed by atoms with Crippen LogP contribution in [0.3, 0.4) is 0 Å². The third-order valence-corrected chi connectivity index (χ3v) is 4.37. The number of rotatable bonds is 7.